The number of hydrogen-bond acceptors (Lipinski definition) is 5. The van der Waals surface area contributed by atoms with Crippen molar-refractivity contribution in [1.29, 1.82) is 0 Å². The Morgan fingerprint density at radius 2 is 1.90 bits per heavy atom. The first-order valence-corrected chi connectivity index (χ1v) is 12.6. The summed E-state index contributed by atoms with van der Waals surface area (Å²) < 4.78 is 31.6. The van der Waals surface area contributed by atoms with Crippen molar-refractivity contribution in [2.75, 3.05) is 30.9 Å². The van der Waals surface area contributed by atoms with Crippen molar-refractivity contribution in [3.05, 3.63) is 24.3 Å². The van der Waals surface area contributed by atoms with Crippen LogP contribution in [-0.4, -0.2) is 62.1 Å². The summed E-state index contributed by atoms with van der Waals surface area (Å²) >= 11 is 0. The van der Waals surface area contributed by atoms with Crippen LogP contribution in [0.5, 0.6) is 5.75 Å². The van der Waals surface area contributed by atoms with Gasteiger partial charge in [-0.15, -0.1) is 0 Å². The third kappa shape index (κ3) is 5.03. The van der Waals surface area contributed by atoms with E-state index in [4.69, 9.17) is 4.74 Å². The van der Waals surface area contributed by atoms with Crippen LogP contribution in [0.25, 0.3) is 0 Å². The van der Waals surface area contributed by atoms with Crippen molar-refractivity contribution in [1.82, 2.24) is 9.62 Å². The van der Waals surface area contributed by atoms with Crippen LogP contribution in [0, 0.1) is 0 Å². The minimum atomic E-state index is -3.63. The number of nitrogens with zero attached hydrogens (tertiary/aromatic N) is 2. The highest BCUT2D eigenvalue weighted by Crippen LogP contribution is 2.33. The third-order valence-corrected chi connectivity index (χ3v) is 8.06. The van der Waals surface area contributed by atoms with Gasteiger partial charge in [0.05, 0.1) is 19.4 Å². The Kier molecular flexibility index (Phi) is 7.26. The molecule has 1 aliphatic heterocycles. The molecule has 1 heterocycles. The van der Waals surface area contributed by atoms with E-state index in [1.807, 2.05) is 0 Å². The summed E-state index contributed by atoms with van der Waals surface area (Å²) in [5.74, 6) is -0.332. The number of nitrogens with one attached hydrogen (secondary N) is 1. The van der Waals surface area contributed by atoms with Crippen LogP contribution < -0.4 is 15.0 Å². The highest BCUT2D eigenvalue weighted by atomic mass is 32.2. The van der Waals surface area contributed by atoms with Crippen LogP contribution in [0.1, 0.15) is 52.4 Å². The summed E-state index contributed by atoms with van der Waals surface area (Å²) in [6.07, 6.45) is 6.20. The number of hydrogen-bond donors (Lipinski definition) is 1. The first-order chi connectivity index (χ1) is 14.7. The van der Waals surface area contributed by atoms with Crippen LogP contribution in [0.3, 0.4) is 0 Å². The minimum absolute atomic E-state index is 0.0345. The van der Waals surface area contributed by atoms with Crippen LogP contribution in [0.15, 0.2) is 24.3 Å². The molecule has 2 fully saturated rings. The summed E-state index contributed by atoms with van der Waals surface area (Å²) in [4.78, 5) is 28.3. The number of benzene rings is 1. The van der Waals surface area contributed by atoms with Crippen molar-refractivity contribution >= 4 is 27.5 Å². The van der Waals surface area contributed by atoms with Crippen molar-refractivity contribution in [2.24, 2.45) is 0 Å². The van der Waals surface area contributed by atoms with E-state index < -0.39 is 21.5 Å². The predicted molar refractivity (Wildman–Crippen MR) is 120 cm³/mol. The van der Waals surface area contributed by atoms with Crippen LogP contribution in [0.4, 0.5) is 5.69 Å². The van der Waals surface area contributed by atoms with Gasteiger partial charge in [-0.05, 0) is 38.8 Å². The maximum absolute atomic E-state index is 13.6. The van der Waals surface area contributed by atoms with Gasteiger partial charge in [-0.1, -0.05) is 31.7 Å². The first kappa shape index (κ1) is 23.5. The average Bonchev–Trinajstić information content (AvgIpc) is 3.02. The molecule has 2 aliphatic rings. The Labute approximate surface area is 185 Å². The fraction of sp³-hybridized carbons (Fsp3) is 0.636. The number of sulfonamides is 1. The Hall–Kier alpha value is -2.13. The summed E-state index contributed by atoms with van der Waals surface area (Å²) in [7, 11) is -2.10. The number of rotatable bonds is 6. The molecule has 0 unspecified atom stereocenters. The molecule has 172 valence electrons. The lowest BCUT2D eigenvalue weighted by molar-refractivity contribution is -0.133. The lowest BCUT2D eigenvalue weighted by Crippen LogP contribution is -2.70. The molecule has 2 amide bonds. The molecular weight excluding hydrogens is 418 g/mol. The molecule has 1 aromatic rings. The molecule has 8 nitrogen and oxygen atoms in total. The minimum Gasteiger partial charge on any atom is -0.497 e. The molecule has 1 saturated carbocycles. The maximum atomic E-state index is 13.6. The van der Waals surface area contributed by atoms with E-state index in [-0.39, 0.29) is 30.8 Å². The second kappa shape index (κ2) is 9.56. The van der Waals surface area contributed by atoms with Crippen molar-refractivity contribution in [3.63, 3.8) is 0 Å². The number of carbonyl (C=O) groups excluding carboxylic acids is 2. The summed E-state index contributed by atoms with van der Waals surface area (Å²) in [5.41, 5.74) is -0.868. The maximum Gasteiger partial charge on any atom is 0.247 e. The van der Waals surface area contributed by atoms with Crippen LogP contribution in [0.2, 0.25) is 0 Å². The molecular formula is C22H33N3O5S. The molecule has 1 atom stereocenters. The van der Waals surface area contributed by atoms with Gasteiger partial charge in [-0.25, -0.2) is 8.42 Å². The second-order valence-corrected chi connectivity index (χ2v) is 10.8. The van der Waals surface area contributed by atoms with Gasteiger partial charge in [0.1, 0.15) is 11.3 Å². The number of carbonyl (C=O) groups is 2. The second-order valence-electron chi connectivity index (χ2n) is 8.54. The van der Waals surface area contributed by atoms with E-state index in [1.54, 1.807) is 31.2 Å². The quantitative estimate of drug-likeness (QED) is 0.670. The lowest BCUT2D eigenvalue weighted by Gasteiger charge is -2.47. The number of ether oxygens (including phenoxy) is 1. The average molecular weight is 452 g/mol. The smallest absolute Gasteiger partial charge is 0.247 e. The Morgan fingerprint density at radius 1 is 1.23 bits per heavy atom. The van der Waals surface area contributed by atoms with E-state index in [0.717, 1.165) is 42.8 Å². The van der Waals surface area contributed by atoms with Gasteiger partial charge < -0.3 is 10.1 Å². The van der Waals surface area contributed by atoms with Gasteiger partial charge in [0.25, 0.3) is 0 Å². The molecule has 31 heavy (non-hydrogen) atoms. The number of piperazine rings is 1. The van der Waals surface area contributed by atoms with Crippen molar-refractivity contribution in [3.8, 4) is 5.75 Å². The predicted octanol–water partition coefficient (Wildman–Crippen LogP) is 2.29. The zero-order valence-corrected chi connectivity index (χ0v) is 19.4. The standard InChI is InChI=1S/C22H33N3O5S/c1-4-31(28,29)24-15-20(26)25(18-12-9-13-19(14-18)30-3)22(2,16-24)21(27)23-17-10-7-5-6-8-11-17/h9,12-14,17H,4-8,10-11,15-16H2,1-3H3,(H,23,27)/t22-/m1/s1. The van der Waals surface area contributed by atoms with E-state index in [9.17, 15) is 18.0 Å². The van der Waals surface area contributed by atoms with E-state index >= 15 is 0 Å². The largest absolute Gasteiger partial charge is 0.497 e. The topological polar surface area (TPSA) is 96.0 Å². The monoisotopic (exact) mass is 451 g/mol. The highest BCUT2D eigenvalue weighted by molar-refractivity contribution is 7.89. The molecule has 3 rings (SSSR count). The summed E-state index contributed by atoms with van der Waals surface area (Å²) in [5, 5.41) is 3.12. The van der Waals surface area contributed by atoms with Crippen LogP contribution >= 0.6 is 0 Å². The fourth-order valence-electron chi connectivity index (χ4n) is 4.46. The van der Waals surface area contributed by atoms with E-state index in [0.29, 0.717) is 11.4 Å². The highest BCUT2D eigenvalue weighted by Gasteiger charge is 2.51. The molecule has 1 aliphatic carbocycles. The van der Waals surface area contributed by atoms with Crippen molar-refractivity contribution < 1.29 is 22.7 Å². The van der Waals surface area contributed by atoms with Gasteiger partial charge >= 0.3 is 0 Å². The molecule has 0 aromatic heterocycles. The fourth-order valence-corrected chi connectivity index (χ4v) is 5.58. The first-order valence-electron chi connectivity index (χ1n) is 11.0. The Balaban J connectivity index is 1.98. The van der Waals surface area contributed by atoms with E-state index in [2.05, 4.69) is 5.32 Å². The zero-order chi connectivity index (χ0) is 22.6. The third-order valence-electron chi connectivity index (χ3n) is 6.29. The SMILES string of the molecule is CCS(=O)(=O)N1CC(=O)N(c2cccc(OC)c2)[C@@](C)(C(=O)NC2CCCCCC2)C1. The lowest BCUT2D eigenvalue weighted by atomic mass is 9.93. The number of anilines is 1. The Bertz CT molecular complexity index is 911. The molecule has 0 spiro atoms. The van der Waals surface area contributed by atoms with Crippen LogP contribution in [-0.2, 0) is 19.6 Å². The molecule has 1 saturated heterocycles. The van der Waals surface area contributed by atoms with Gasteiger partial charge in [0.2, 0.25) is 21.8 Å². The van der Waals surface area contributed by atoms with Gasteiger partial charge in [-0.2, -0.15) is 4.31 Å². The molecule has 9 heteroatoms. The summed E-state index contributed by atoms with van der Waals surface area (Å²) in [6, 6.07) is 6.97. The van der Waals surface area contributed by atoms with Crippen molar-refractivity contribution in [2.45, 2.75) is 64.0 Å². The summed E-state index contributed by atoms with van der Waals surface area (Å²) in [6.45, 7) is 2.80. The molecule has 0 bridgehead atoms. The zero-order valence-electron chi connectivity index (χ0n) is 18.6. The normalized spacial score (nSPS) is 24.0. The van der Waals surface area contributed by atoms with E-state index in [1.165, 1.54) is 18.9 Å². The molecule has 0 radical (unpaired) electrons. The molecule has 1 N–H and O–H groups in total. The molecule has 1 aromatic carbocycles. The van der Waals surface area contributed by atoms with Gasteiger partial charge in [0.15, 0.2) is 0 Å². The Morgan fingerprint density at radius 3 is 2.52 bits per heavy atom. The number of amides is 2. The van der Waals surface area contributed by atoms with Gasteiger partial charge in [0, 0.05) is 24.3 Å². The van der Waals surface area contributed by atoms with Gasteiger partial charge in [-0.3, -0.25) is 14.5 Å². The number of methoxy groups -OCH3 is 1.